The van der Waals surface area contributed by atoms with E-state index in [1.807, 2.05) is 4.72 Å². The van der Waals surface area contributed by atoms with Crippen molar-refractivity contribution in [3.63, 3.8) is 0 Å². The quantitative estimate of drug-likeness (QED) is 0.419. The molecular formula is C11H17N3O8S. The van der Waals surface area contributed by atoms with Crippen molar-refractivity contribution in [1.29, 1.82) is 0 Å². The van der Waals surface area contributed by atoms with E-state index in [0.717, 1.165) is 23.9 Å². The third-order valence-corrected chi connectivity index (χ3v) is 4.72. The Balaban J connectivity index is 2.47. The molecule has 130 valence electrons. The van der Waals surface area contributed by atoms with Crippen molar-refractivity contribution in [3.05, 3.63) is 33.1 Å². The van der Waals surface area contributed by atoms with Crippen LogP contribution in [0.4, 0.5) is 0 Å². The summed E-state index contributed by atoms with van der Waals surface area (Å²) in [5, 5.41) is 28.7. The van der Waals surface area contributed by atoms with Gasteiger partial charge in [0.15, 0.2) is 6.23 Å². The van der Waals surface area contributed by atoms with Crippen molar-refractivity contribution >= 4 is 10.0 Å². The molecule has 23 heavy (non-hydrogen) atoms. The number of sulfonamides is 1. The molecule has 4 N–H and O–H groups in total. The van der Waals surface area contributed by atoms with Gasteiger partial charge in [-0.05, 0) is 7.05 Å². The van der Waals surface area contributed by atoms with Crippen molar-refractivity contribution < 1.29 is 28.5 Å². The summed E-state index contributed by atoms with van der Waals surface area (Å²) in [5.74, 6) is -0.906. The molecule has 0 spiro atoms. The molecule has 0 amide bonds. The van der Waals surface area contributed by atoms with Crippen molar-refractivity contribution in [2.24, 2.45) is 0 Å². The number of aliphatic hydroxyl groups is 3. The summed E-state index contributed by atoms with van der Waals surface area (Å²) in [6, 6.07) is 0.932. The van der Waals surface area contributed by atoms with Gasteiger partial charge in [-0.2, -0.15) is 0 Å². The number of ether oxygens (including phenoxy) is 1. The van der Waals surface area contributed by atoms with Gasteiger partial charge in [-0.1, -0.05) is 0 Å². The van der Waals surface area contributed by atoms with Gasteiger partial charge in [-0.3, -0.25) is 9.36 Å². The lowest BCUT2D eigenvalue weighted by atomic mass is 10.1. The highest BCUT2D eigenvalue weighted by atomic mass is 32.2. The van der Waals surface area contributed by atoms with Gasteiger partial charge in [0.25, 0.3) is 5.56 Å². The van der Waals surface area contributed by atoms with Gasteiger partial charge in [0.2, 0.25) is 10.0 Å². The fourth-order valence-electron chi connectivity index (χ4n) is 2.19. The molecule has 0 radical (unpaired) electrons. The molecule has 1 aromatic heterocycles. The van der Waals surface area contributed by atoms with Gasteiger partial charge in [0, 0.05) is 12.3 Å². The third kappa shape index (κ3) is 3.36. The van der Waals surface area contributed by atoms with E-state index in [2.05, 4.69) is 0 Å². The van der Waals surface area contributed by atoms with E-state index in [9.17, 15) is 28.2 Å². The summed E-state index contributed by atoms with van der Waals surface area (Å²) in [6.07, 6.45) is -4.41. The summed E-state index contributed by atoms with van der Waals surface area (Å²) in [6.45, 7) is -0.586. The lowest BCUT2D eigenvalue weighted by Crippen LogP contribution is -2.45. The van der Waals surface area contributed by atoms with Crippen LogP contribution in [0.3, 0.4) is 0 Å². The minimum Gasteiger partial charge on any atom is -0.394 e. The Hall–Kier alpha value is -1.57. The molecule has 4 atom stereocenters. The fourth-order valence-corrected chi connectivity index (χ4v) is 2.89. The maximum Gasteiger partial charge on any atom is 0.334 e. The SMILES string of the molecule is CNS(=O)(=O)Cn1c(=O)ccn([C@@H]2O[C@H](CO)[C@@H](O)[C@H]2O)c1=O. The van der Waals surface area contributed by atoms with Gasteiger partial charge in [0.1, 0.15) is 24.2 Å². The molecule has 0 bridgehead atoms. The molecule has 1 saturated heterocycles. The number of hydrogen-bond acceptors (Lipinski definition) is 8. The van der Waals surface area contributed by atoms with E-state index in [1.165, 1.54) is 0 Å². The molecule has 0 unspecified atom stereocenters. The van der Waals surface area contributed by atoms with Crippen LogP contribution >= 0.6 is 0 Å². The molecule has 1 aliphatic heterocycles. The van der Waals surface area contributed by atoms with Gasteiger partial charge >= 0.3 is 5.69 Å². The molecule has 0 aliphatic carbocycles. The van der Waals surface area contributed by atoms with Crippen LogP contribution in [0.5, 0.6) is 0 Å². The van der Waals surface area contributed by atoms with Crippen LogP contribution in [0.2, 0.25) is 0 Å². The molecule has 12 heteroatoms. The molecule has 11 nitrogen and oxygen atoms in total. The Morgan fingerprint density at radius 2 is 1.96 bits per heavy atom. The molecule has 1 fully saturated rings. The summed E-state index contributed by atoms with van der Waals surface area (Å²) in [7, 11) is -2.76. The van der Waals surface area contributed by atoms with Crippen LogP contribution in [0.1, 0.15) is 6.23 Å². The first-order valence-electron chi connectivity index (χ1n) is 6.57. The van der Waals surface area contributed by atoms with Crippen LogP contribution in [-0.4, -0.2) is 64.8 Å². The zero-order chi connectivity index (χ0) is 17.4. The van der Waals surface area contributed by atoms with Crippen molar-refractivity contribution in [3.8, 4) is 0 Å². The van der Waals surface area contributed by atoms with Crippen LogP contribution in [0.25, 0.3) is 0 Å². The van der Waals surface area contributed by atoms with Gasteiger partial charge in [0.05, 0.1) is 6.61 Å². The Labute approximate surface area is 130 Å². The standard InChI is InChI=1S/C11H17N3O8S/c1-12-23(20,21)5-14-7(16)2-3-13(11(14)19)10-9(18)8(17)6(4-15)22-10/h2-3,6,8-10,12,15,17-18H,4-5H2,1H3/t6-,8-,9-,10-/m1/s1. The Kier molecular flexibility index (Phi) is 5.03. The number of nitrogens with zero attached hydrogens (tertiary/aromatic N) is 2. The van der Waals surface area contributed by atoms with E-state index in [-0.39, 0.29) is 0 Å². The number of rotatable bonds is 5. The average molecular weight is 351 g/mol. The van der Waals surface area contributed by atoms with Gasteiger partial charge < -0.3 is 20.1 Å². The Morgan fingerprint density at radius 3 is 2.48 bits per heavy atom. The first-order chi connectivity index (χ1) is 10.7. The van der Waals surface area contributed by atoms with Crippen LogP contribution < -0.4 is 16.0 Å². The summed E-state index contributed by atoms with van der Waals surface area (Å²) in [5.41, 5.74) is -1.89. The zero-order valence-corrected chi connectivity index (χ0v) is 12.9. The predicted octanol–water partition coefficient (Wildman–Crippen LogP) is -3.87. The van der Waals surface area contributed by atoms with Crippen LogP contribution in [0, 0.1) is 0 Å². The molecule has 0 saturated carbocycles. The van der Waals surface area contributed by atoms with E-state index in [4.69, 9.17) is 9.84 Å². The lowest BCUT2D eigenvalue weighted by molar-refractivity contribution is -0.0555. The second kappa shape index (κ2) is 6.51. The minimum atomic E-state index is -3.89. The van der Waals surface area contributed by atoms with E-state index < -0.39 is 58.3 Å². The molecule has 1 aromatic rings. The third-order valence-electron chi connectivity index (χ3n) is 3.50. The number of aliphatic hydroxyl groups excluding tert-OH is 3. The van der Waals surface area contributed by atoms with Crippen molar-refractivity contribution in [2.75, 3.05) is 13.7 Å². The van der Waals surface area contributed by atoms with E-state index in [0.29, 0.717) is 4.57 Å². The smallest absolute Gasteiger partial charge is 0.334 e. The van der Waals surface area contributed by atoms with Crippen molar-refractivity contribution in [2.45, 2.75) is 30.4 Å². The zero-order valence-electron chi connectivity index (χ0n) is 12.1. The maximum absolute atomic E-state index is 12.3. The van der Waals surface area contributed by atoms with E-state index >= 15 is 0 Å². The highest BCUT2D eigenvalue weighted by Gasteiger charge is 2.43. The molecule has 1 aliphatic rings. The largest absolute Gasteiger partial charge is 0.394 e. The summed E-state index contributed by atoms with van der Waals surface area (Å²) < 4.78 is 31.5. The number of aromatic nitrogens is 2. The predicted molar refractivity (Wildman–Crippen MR) is 76.0 cm³/mol. The summed E-state index contributed by atoms with van der Waals surface area (Å²) >= 11 is 0. The fraction of sp³-hybridized carbons (Fsp3) is 0.636. The first kappa shape index (κ1) is 17.8. The van der Waals surface area contributed by atoms with Gasteiger partial charge in [-0.15, -0.1) is 0 Å². The number of hydrogen-bond donors (Lipinski definition) is 4. The van der Waals surface area contributed by atoms with Crippen LogP contribution in [-0.2, 0) is 20.6 Å². The van der Waals surface area contributed by atoms with Gasteiger partial charge in [-0.25, -0.2) is 22.5 Å². The average Bonchev–Trinajstić information content (AvgIpc) is 2.79. The normalized spacial score (nSPS) is 28.2. The Bertz CT molecular complexity index is 785. The Morgan fingerprint density at radius 1 is 1.30 bits per heavy atom. The highest BCUT2D eigenvalue weighted by molar-refractivity contribution is 7.88. The maximum atomic E-state index is 12.3. The second-order valence-electron chi connectivity index (χ2n) is 4.95. The monoisotopic (exact) mass is 351 g/mol. The highest BCUT2D eigenvalue weighted by Crippen LogP contribution is 2.27. The molecule has 0 aromatic carbocycles. The molecule has 2 heterocycles. The summed E-state index contributed by atoms with van der Waals surface area (Å²) in [4.78, 5) is 24.0. The second-order valence-corrected chi connectivity index (χ2v) is 6.84. The molecular weight excluding hydrogens is 334 g/mol. The topological polar surface area (TPSA) is 160 Å². The number of nitrogens with one attached hydrogen (secondary N) is 1. The van der Waals surface area contributed by atoms with Crippen molar-refractivity contribution in [1.82, 2.24) is 13.9 Å². The lowest BCUT2D eigenvalue weighted by Gasteiger charge is -2.18. The molecule has 2 rings (SSSR count). The minimum absolute atomic E-state index is 0.445. The first-order valence-corrected chi connectivity index (χ1v) is 8.22. The van der Waals surface area contributed by atoms with E-state index in [1.54, 1.807) is 0 Å². The van der Waals surface area contributed by atoms with Crippen LogP contribution in [0.15, 0.2) is 21.9 Å².